The van der Waals surface area contributed by atoms with Crippen molar-refractivity contribution in [1.82, 2.24) is 15.3 Å². The van der Waals surface area contributed by atoms with Gasteiger partial charge in [0.25, 0.3) is 0 Å². The average Bonchev–Trinajstić information content (AvgIpc) is 2.67. The lowest BCUT2D eigenvalue weighted by molar-refractivity contribution is -0.132. The van der Waals surface area contributed by atoms with E-state index in [0.29, 0.717) is 5.70 Å². The summed E-state index contributed by atoms with van der Waals surface area (Å²) in [4.78, 5) is 42.2. The second kappa shape index (κ2) is 7.08. The number of nitrogens with one attached hydrogen (secondary N) is 1. The fraction of sp³-hybridized carbons (Fsp3) is 0.0556. The van der Waals surface area contributed by atoms with E-state index < -0.39 is 17.9 Å². The Morgan fingerprint density at radius 1 is 0.889 bits per heavy atom. The summed E-state index contributed by atoms with van der Waals surface area (Å²) < 4.78 is 0. The van der Waals surface area contributed by atoms with Gasteiger partial charge in [0.2, 0.25) is 0 Å². The summed E-state index contributed by atoms with van der Waals surface area (Å²) >= 11 is 0. The number of carboxylic acid groups (broad SMARTS) is 3. The van der Waals surface area contributed by atoms with Gasteiger partial charge in [0.1, 0.15) is 0 Å². The minimum Gasteiger partial charge on any atom is -0.478 e. The molecule has 9 nitrogen and oxygen atoms in total. The summed E-state index contributed by atoms with van der Waals surface area (Å²) in [5, 5.41) is 30.6. The molecule has 0 saturated carbocycles. The number of aromatic carboxylic acids is 2. The van der Waals surface area contributed by atoms with E-state index in [4.69, 9.17) is 10.2 Å². The zero-order chi connectivity index (χ0) is 19.6. The molecule has 0 fully saturated rings. The van der Waals surface area contributed by atoms with Gasteiger partial charge in [-0.05, 0) is 30.3 Å². The third-order valence-electron chi connectivity index (χ3n) is 3.78. The van der Waals surface area contributed by atoms with Crippen molar-refractivity contribution < 1.29 is 29.7 Å². The van der Waals surface area contributed by atoms with Crippen LogP contribution in [-0.2, 0) is 4.79 Å². The molecule has 3 rings (SSSR count). The van der Waals surface area contributed by atoms with Gasteiger partial charge in [-0.25, -0.2) is 19.4 Å². The molecule has 1 aliphatic rings. The van der Waals surface area contributed by atoms with E-state index in [1.165, 1.54) is 42.6 Å². The largest absolute Gasteiger partial charge is 0.478 e. The first kappa shape index (κ1) is 17.8. The smallest absolute Gasteiger partial charge is 0.335 e. The van der Waals surface area contributed by atoms with Crippen LogP contribution in [0.3, 0.4) is 0 Å². The Morgan fingerprint density at radius 2 is 1.56 bits per heavy atom. The molecule has 0 spiro atoms. The molecule has 4 N–H and O–H groups in total. The van der Waals surface area contributed by atoms with Gasteiger partial charge in [-0.3, -0.25) is 4.98 Å². The van der Waals surface area contributed by atoms with E-state index in [9.17, 15) is 19.5 Å². The minimum absolute atomic E-state index is 0.0184. The predicted molar refractivity (Wildman–Crippen MR) is 93.1 cm³/mol. The van der Waals surface area contributed by atoms with Crippen LogP contribution in [0.1, 0.15) is 26.4 Å². The van der Waals surface area contributed by atoms with Gasteiger partial charge >= 0.3 is 17.9 Å². The molecule has 9 heteroatoms. The molecule has 0 aromatic carbocycles. The average molecular weight is 367 g/mol. The molecule has 0 bridgehead atoms. The van der Waals surface area contributed by atoms with Gasteiger partial charge in [0.15, 0.2) is 0 Å². The number of nitrogens with zero attached hydrogens (tertiary/aromatic N) is 2. The summed E-state index contributed by atoms with van der Waals surface area (Å²) in [7, 11) is 0. The normalized spacial score (nSPS) is 13.2. The third kappa shape index (κ3) is 3.82. The number of hydrogen-bond donors (Lipinski definition) is 4. The Hall–Kier alpha value is -4.01. The summed E-state index contributed by atoms with van der Waals surface area (Å²) in [5.74, 6) is -3.47. The maximum Gasteiger partial charge on any atom is 0.335 e. The van der Waals surface area contributed by atoms with Crippen LogP contribution in [0.15, 0.2) is 48.2 Å². The Labute approximate surface area is 152 Å². The lowest BCUT2D eigenvalue weighted by Gasteiger charge is -2.15. The molecule has 0 saturated heterocycles. The number of rotatable bonds is 5. The molecule has 2 aromatic heterocycles. The molecule has 1 aliphatic heterocycles. The van der Waals surface area contributed by atoms with Gasteiger partial charge in [0, 0.05) is 12.7 Å². The summed E-state index contributed by atoms with van der Waals surface area (Å²) in [5.41, 5.74) is 0.834. The SMILES string of the molecule is O=C(O)C1=CCNC(c2cc(C(=O)O)cc(-c3cc(C(=O)O)ccn3)n2)=C1. The van der Waals surface area contributed by atoms with Gasteiger partial charge in [-0.1, -0.05) is 6.08 Å². The molecule has 0 amide bonds. The lowest BCUT2D eigenvalue weighted by Crippen LogP contribution is -2.20. The van der Waals surface area contributed by atoms with Crippen LogP contribution in [0.5, 0.6) is 0 Å². The lowest BCUT2D eigenvalue weighted by atomic mass is 10.1. The minimum atomic E-state index is -1.21. The fourth-order valence-electron chi connectivity index (χ4n) is 2.48. The molecule has 3 heterocycles. The highest BCUT2D eigenvalue weighted by Crippen LogP contribution is 2.23. The van der Waals surface area contributed by atoms with Gasteiger partial charge in [-0.2, -0.15) is 0 Å². The number of aromatic nitrogens is 2. The first-order valence-corrected chi connectivity index (χ1v) is 7.69. The molecule has 136 valence electrons. The maximum atomic E-state index is 11.5. The van der Waals surface area contributed by atoms with Crippen molar-refractivity contribution >= 4 is 23.6 Å². The number of dihydropyridines is 1. The second-order valence-corrected chi connectivity index (χ2v) is 5.57. The first-order valence-electron chi connectivity index (χ1n) is 7.69. The van der Waals surface area contributed by atoms with Crippen LogP contribution in [0, 0.1) is 0 Å². The highest BCUT2D eigenvalue weighted by atomic mass is 16.4. The van der Waals surface area contributed by atoms with Crippen molar-refractivity contribution in [1.29, 1.82) is 0 Å². The van der Waals surface area contributed by atoms with Gasteiger partial charge in [0.05, 0.1) is 39.5 Å². The van der Waals surface area contributed by atoms with Crippen molar-refractivity contribution in [3.8, 4) is 11.4 Å². The Morgan fingerprint density at radius 3 is 2.22 bits per heavy atom. The highest BCUT2D eigenvalue weighted by Gasteiger charge is 2.17. The predicted octanol–water partition coefficient (Wildman–Crippen LogP) is 1.50. The summed E-state index contributed by atoms with van der Waals surface area (Å²) in [6, 6.07) is 5.17. The Kier molecular flexibility index (Phi) is 4.67. The molecular weight excluding hydrogens is 354 g/mol. The van der Waals surface area contributed by atoms with Crippen LogP contribution in [0.2, 0.25) is 0 Å². The zero-order valence-corrected chi connectivity index (χ0v) is 13.7. The van der Waals surface area contributed by atoms with E-state index in [-0.39, 0.29) is 40.3 Å². The van der Waals surface area contributed by atoms with E-state index in [1.807, 2.05) is 0 Å². The highest BCUT2D eigenvalue weighted by molar-refractivity contribution is 5.94. The number of carboxylic acids is 3. The number of carbonyl (C=O) groups is 3. The molecule has 0 aliphatic carbocycles. The van der Waals surface area contributed by atoms with Crippen molar-refractivity contribution in [3.63, 3.8) is 0 Å². The van der Waals surface area contributed by atoms with E-state index >= 15 is 0 Å². The maximum absolute atomic E-state index is 11.5. The van der Waals surface area contributed by atoms with Crippen molar-refractivity contribution in [3.05, 3.63) is 65.0 Å². The van der Waals surface area contributed by atoms with Crippen molar-refractivity contribution in [2.75, 3.05) is 6.54 Å². The van der Waals surface area contributed by atoms with Crippen molar-refractivity contribution in [2.45, 2.75) is 0 Å². The monoisotopic (exact) mass is 367 g/mol. The van der Waals surface area contributed by atoms with E-state index in [1.54, 1.807) is 0 Å². The van der Waals surface area contributed by atoms with Crippen molar-refractivity contribution in [2.24, 2.45) is 0 Å². The Bertz CT molecular complexity index is 1030. The van der Waals surface area contributed by atoms with Crippen LogP contribution < -0.4 is 5.32 Å². The van der Waals surface area contributed by atoms with Crippen LogP contribution in [-0.4, -0.2) is 49.7 Å². The first-order chi connectivity index (χ1) is 12.8. The number of aliphatic carboxylic acids is 1. The number of pyridine rings is 2. The quantitative estimate of drug-likeness (QED) is 0.616. The third-order valence-corrected chi connectivity index (χ3v) is 3.78. The van der Waals surface area contributed by atoms with E-state index in [2.05, 4.69) is 15.3 Å². The van der Waals surface area contributed by atoms with Crippen LogP contribution in [0.25, 0.3) is 17.1 Å². The van der Waals surface area contributed by atoms with Gasteiger partial charge < -0.3 is 20.6 Å². The van der Waals surface area contributed by atoms with Crippen LogP contribution in [0.4, 0.5) is 0 Å². The van der Waals surface area contributed by atoms with Crippen LogP contribution >= 0.6 is 0 Å². The molecule has 0 unspecified atom stereocenters. The van der Waals surface area contributed by atoms with Gasteiger partial charge in [-0.15, -0.1) is 0 Å². The summed E-state index contributed by atoms with van der Waals surface area (Å²) in [6.07, 6.45) is 4.12. The zero-order valence-electron chi connectivity index (χ0n) is 13.7. The topological polar surface area (TPSA) is 150 Å². The molecule has 2 aromatic rings. The molecule has 0 radical (unpaired) electrons. The Balaban J connectivity index is 2.13. The molecule has 27 heavy (non-hydrogen) atoms. The standard InChI is InChI=1S/C18H13N3O6/c22-16(23)9-1-3-19-12(5-9)14-7-11(18(26)27)8-15(21-14)13-6-10(17(24)25)2-4-20-13/h1-3,5-8,20H,4H2,(H,22,23)(H,24,25)(H,26,27). The molecule has 0 atom stereocenters. The second-order valence-electron chi connectivity index (χ2n) is 5.57. The van der Waals surface area contributed by atoms with E-state index in [0.717, 1.165) is 0 Å². The summed E-state index contributed by atoms with van der Waals surface area (Å²) in [6.45, 7) is 0.245. The number of hydrogen-bond acceptors (Lipinski definition) is 6. The fourth-order valence-corrected chi connectivity index (χ4v) is 2.48. The molecular formula is C18H13N3O6.